The van der Waals surface area contributed by atoms with Gasteiger partial charge in [0.15, 0.2) is 0 Å². The van der Waals surface area contributed by atoms with E-state index in [9.17, 15) is 9.90 Å². The lowest BCUT2D eigenvalue weighted by Crippen LogP contribution is -2.50. The summed E-state index contributed by atoms with van der Waals surface area (Å²) in [6.07, 6.45) is 10.7. The van der Waals surface area contributed by atoms with Gasteiger partial charge in [-0.1, -0.05) is 25.5 Å². The van der Waals surface area contributed by atoms with Gasteiger partial charge in [0.05, 0.1) is 6.10 Å². The molecule has 0 amide bonds. The van der Waals surface area contributed by atoms with Crippen LogP contribution in [-0.4, -0.2) is 17.0 Å². The Labute approximate surface area is 128 Å². The van der Waals surface area contributed by atoms with Crippen LogP contribution in [-0.2, 0) is 4.79 Å². The number of aliphatic hydroxyl groups is 1. The highest BCUT2D eigenvalue weighted by molar-refractivity contribution is 5.87. The van der Waals surface area contributed by atoms with E-state index in [-0.39, 0.29) is 11.5 Å². The Bertz CT molecular complexity index is 508. The van der Waals surface area contributed by atoms with Crippen molar-refractivity contribution in [3.05, 3.63) is 11.6 Å². The maximum atomic E-state index is 12.4. The average molecular weight is 288 g/mol. The first-order valence-corrected chi connectivity index (χ1v) is 8.86. The molecular weight excluding hydrogens is 260 g/mol. The summed E-state index contributed by atoms with van der Waals surface area (Å²) in [4.78, 5) is 12.4. The van der Waals surface area contributed by atoms with Gasteiger partial charge < -0.3 is 5.11 Å². The first-order chi connectivity index (χ1) is 9.95. The minimum atomic E-state index is -0.122. The molecule has 6 atom stereocenters. The summed E-state index contributed by atoms with van der Waals surface area (Å²) in [6.45, 7) is 4.69. The third-order valence-electron chi connectivity index (χ3n) is 7.79. The molecule has 4 rings (SSSR count). The zero-order chi connectivity index (χ0) is 14.8. The van der Waals surface area contributed by atoms with E-state index < -0.39 is 0 Å². The number of rotatable bonds is 0. The number of ketones is 1. The maximum absolute atomic E-state index is 12.4. The zero-order valence-corrected chi connectivity index (χ0v) is 13.4. The van der Waals surface area contributed by atoms with Crippen molar-refractivity contribution in [3.8, 4) is 0 Å². The number of carbonyl (C=O) groups is 1. The maximum Gasteiger partial charge on any atom is 0.139 e. The van der Waals surface area contributed by atoms with Gasteiger partial charge in [-0.2, -0.15) is 0 Å². The Morgan fingerprint density at radius 2 is 1.81 bits per heavy atom. The Balaban J connectivity index is 1.69. The van der Waals surface area contributed by atoms with Gasteiger partial charge in [0.25, 0.3) is 0 Å². The highest BCUT2D eigenvalue weighted by Gasteiger charge is 2.58. The number of Topliss-reactive ketones (excluding diaryl/α,β-unsaturated/α-hetero) is 1. The predicted molar refractivity (Wildman–Crippen MR) is 82.7 cm³/mol. The molecule has 4 aliphatic rings. The topological polar surface area (TPSA) is 37.3 Å². The van der Waals surface area contributed by atoms with Crippen molar-refractivity contribution in [3.63, 3.8) is 0 Å². The molecule has 21 heavy (non-hydrogen) atoms. The van der Waals surface area contributed by atoms with Crippen molar-refractivity contribution in [2.24, 2.45) is 28.6 Å². The second-order valence-corrected chi connectivity index (χ2v) is 8.57. The summed E-state index contributed by atoms with van der Waals surface area (Å²) in [5, 5.41) is 10.00. The fourth-order valence-electron chi connectivity index (χ4n) is 6.41. The van der Waals surface area contributed by atoms with Crippen LogP contribution < -0.4 is 0 Å². The van der Waals surface area contributed by atoms with Crippen molar-refractivity contribution in [2.75, 3.05) is 0 Å². The van der Waals surface area contributed by atoms with E-state index in [1.165, 1.54) is 12.0 Å². The third kappa shape index (κ3) is 1.78. The summed E-state index contributed by atoms with van der Waals surface area (Å²) in [5.41, 5.74) is 1.81. The molecule has 3 fully saturated rings. The van der Waals surface area contributed by atoms with Crippen LogP contribution in [0.2, 0.25) is 0 Å². The molecule has 0 bridgehead atoms. The molecule has 0 aromatic carbocycles. The molecule has 116 valence electrons. The smallest absolute Gasteiger partial charge is 0.139 e. The van der Waals surface area contributed by atoms with Crippen molar-refractivity contribution in [2.45, 2.75) is 71.3 Å². The number of allylic oxidation sites excluding steroid dienone is 1. The first kappa shape index (κ1) is 14.0. The molecule has 0 aliphatic heterocycles. The van der Waals surface area contributed by atoms with Gasteiger partial charge >= 0.3 is 0 Å². The number of hydrogen-bond donors (Lipinski definition) is 1. The van der Waals surface area contributed by atoms with Crippen LogP contribution in [0.1, 0.15) is 65.2 Å². The normalized spacial score (nSPS) is 52.7. The third-order valence-corrected chi connectivity index (χ3v) is 7.79. The lowest BCUT2D eigenvalue weighted by atomic mass is 9.48. The molecule has 0 radical (unpaired) electrons. The molecule has 1 N–H and O–H groups in total. The molecule has 1 unspecified atom stereocenters. The monoisotopic (exact) mass is 288 g/mol. The van der Waals surface area contributed by atoms with E-state index >= 15 is 0 Å². The molecule has 2 heteroatoms. The molecule has 3 saturated carbocycles. The predicted octanol–water partition coefficient (Wildman–Crippen LogP) is 3.88. The molecule has 0 aromatic heterocycles. The van der Waals surface area contributed by atoms with E-state index in [1.54, 1.807) is 0 Å². The van der Waals surface area contributed by atoms with Crippen LogP contribution in [0.15, 0.2) is 11.6 Å². The van der Waals surface area contributed by atoms with Crippen molar-refractivity contribution in [1.29, 1.82) is 0 Å². The van der Waals surface area contributed by atoms with Gasteiger partial charge in [-0.15, -0.1) is 0 Å². The van der Waals surface area contributed by atoms with Gasteiger partial charge in [0, 0.05) is 11.8 Å². The summed E-state index contributed by atoms with van der Waals surface area (Å²) >= 11 is 0. The number of hydrogen-bond acceptors (Lipinski definition) is 2. The van der Waals surface area contributed by atoms with Crippen LogP contribution in [0.25, 0.3) is 0 Å². The van der Waals surface area contributed by atoms with Crippen molar-refractivity contribution >= 4 is 5.78 Å². The minimum absolute atomic E-state index is 0.0168. The van der Waals surface area contributed by atoms with Crippen LogP contribution in [0.4, 0.5) is 0 Å². The van der Waals surface area contributed by atoms with Gasteiger partial charge in [0.1, 0.15) is 5.78 Å². The quantitative estimate of drug-likeness (QED) is 0.687. The summed E-state index contributed by atoms with van der Waals surface area (Å²) < 4.78 is 0. The average Bonchev–Trinajstić information content (AvgIpc) is 2.76. The van der Waals surface area contributed by atoms with Crippen molar-refractivity contribution < 1.29 is 9.90 Å². The van der Waals surface area contributed by atoms with E-state index in [2.05, 4.69) is 19.9 Å². The van der Waals surface area contributed by atoms with Crippen LogP contribution >= 0.6 is 0 Å². The van der Waals surface area contributed by atoms with Gasteiger partial charge in [-0.25, -0.2) is 0 Å². The van der Waals surface area contributed by atoms with E-state index in [0.29, 0.717) is 23.0 Å². The molecular formula is C19H28O2. The Kier molecular flexibility index (Phi) is 2.96. The lowest BCUT2D eigenvalue weighted by Gasteiger charge is -2.56. The Morgan fingerprint density at radius 1 is 1.10 bits per heavy atom. The first-order valence-electron chi connectivity index (χ1n) is 8.86. The lowest BCUT2D eigenvalue weighted by molar-refractivity contribution is -0.132. The van der Waals surface area contributed by atoms with Crippen LogP contribution in [0, 0.1) is 28.6 Å². The highest BCUT2D eigenvalue weighted by Crippen LogP contribution is 2.63. The summed E-state index contributed by atoms with van der Waals surface area (Å²) in [6, 6.07) is 0. The second kappa shape index (κ2) is 4.44. The molecule has 4 aliphatic carbocycles. The Hall–Kier alpha value is -0.630. The standard InChI is InChI=1S/C19H28O2/c1-18-9-7-13(20)11-12(18)3-4-14-15-5-6-17(21)19(15,2)10-8-16(14)18/h3,13-16,20H,4-11H2,1-2H3/t13-,14-,15-,16-,18-,19?/m0/s1. The minimum Gasteiger partial charge on any atom is -0.393 e. The fraction of sp³-hybridized carbons (Fsp3) is 0.842. The fourth-order valence-corrected chi connectivity index (χ4v) is 6.41. The Morgan fingerprint density at radius 3 is 2.62 bits per heavy atom. The van der Waals surface area contributed by atoms with E-state index in [1.807, 2.05) is 0 Å². The summed E-state index contributed by atoms with van der Waals surface area (Å²) in [5.74, 6) is 2.60. The number of fused-ring (bicyclic) bond motifs is 5. The van der Waals surface area contributed by atoms with Crippen LogP contribution in [0.3, 0.4) is 0 Å². The molecule has 0 aromatic rings. The van der Waals surface area contributed by atoms with Gasteiger partial charge in [0.2, 0.25) is 0 Å². The van der Waals surface area contributed by atoms with Crippen LogP contribution in [0.5, 0.6) is 0 Å². The van der Waals surface area contributed by atoms with E-state index in [4.69, 9.17) is 0 Å². The zero-order valence-electron chi connectivity index (χ0n) is 13.4. The van der Waals surface area contributed by atoms with E-state index in [0.717, 1.165) is 50.9 Å². The summed E-state index contributed by atoms with van der Waals surface area (Å²) in [7, 11) is 0. The molecule has 0 heterocycles. The number of carbonyl (C=O) groups excluding carboxylic acids is 1. The largest absolute Gasteiger partial charge is 0.393 e. The SMILES string of the molecule is CC12CC[C@H]3[C@@H](CC=C4C[C@@H](O)CC[C@@]43C)[C@@H]1CCC2=O. The second-order valence-electron chi connectivity index (χ2n) is 8.57. The van der Waals surface area contributed by atoms with Crippen molar-refractivity contribution in [1.82, 2.24) is 0 Å². The molecule has 2 nitrogen and oxygen atoms in total. The number of aliphatic hydroxyl groups excluding tert-OH is 1. The molecule has 0 saturated heterocycles. The highest BCUT2D eigenvalue weighted by atomic mass is 16.3. The van der Waals surface area contributed by atoms with Gasteiger partial charge in [-0.3, -0.25) is 4.79 Å². The van der Waals surface area contributed by atoms with Gasteiger partial charge in [-0.05, 0) is 68.1 Å². The molecule has 0 spiro atoms.